The minimum Gasteiger partial charge on any atom is -0.388 e. The van der Waals surface area contributed by atoms with Crippen LogP contribution in [0.4, 0.5) is 5.69 Å². The number of nitrogens with one attached hydrogen (secondary N) is 1. The maximum atomic E-state index is 4.85. The summed E-state index contributed by atoms with van der Waals surface area (Å²) in [5.74, 6) is 0.800. The molecule has 0 saturated heterocycles. The zero-order valence-corrected chi connectivity index (χ0v) is 16.4. The van der Waals surface area contributed by atoms with Crippen LogP contribution in [0.15, 0.2) is 60.7 Å². The van der Waals surface area contributed by atoms with Gasteiger partial charge in [-0.25, -0.2) is 14.5 Å². The first-order valence-corrected chi connectivity index (χ1v) is 9.31. The van der Waals surface area contributed by atoms with Crippen molar-refractivity contribution in [2.24, 2.45) is 7.05 Å². The number of nitrogens with zero attached hydrogens (tertiary/aromatic N) is 6. The molecule has 7 heteroatoms. The quantitative estimate of drug-likeness (QED) is 0.546. The summed E-state index contributed by atoms with van der Waals surface area (Å²) in [7, 11) is 3.85. The van der Waals surface area contributed by atoms with Crippen molar-refractivity contribution in [1.29, 1.82) is 0 Å². The topological polar surface area (TPSA) is 72.9 Å². The molecule has 7 nitrogen and oxygen atoms in total. The molecule has 0 aliphatic heterocycles. The SMILES string of the molecule is CNc1ccc(-c2c(-c3nc(C)n4ncnc(C5=CC=C=C5)c34)cnn2C)cc1. The molecule has 0 radical (unpaired) electrons. The zero-order chi connectivity index (χ0) is 20.0. The van der Waals surface area contributed by atoms with Gasteiger partial charge in [-0.15, -0.1) is 5.73 Å². The second-order valence-corrected chi connectivity index (χ2v) is 6.83. The van der Waals surface area contributed by atoms with Crippen LogP contribution in [0.5, 0.6) is 0 Å². The fourth-order valence-electron chi connectivity index (χ4n) is 3.69. The van der Waals surface area contributed by atoms with Crippen LogP contribution in [-0.2, 0) is 7.05 Å². The van der Waals surface area contributed by atoms with Gasteiger partial charge in [0.1, 0.15) is 29.1 Å². The first-order chi connectivity index (χ1) is 14.2. The highest BCUT2D eigenvalue weighted by molar-refractivity contribution is 5.94. The summed E-state index contributed by atoms with van der Waals surface area (Å²) >= 11 is 0. The predicted molar refractivity (Wildman–Crippen MR) is 113 cm³/mol. The van der Waals surface area contributed by atoms with E-state index in [0.717, 1.165) is 50.8 Å². The van der Waals surface area contributed by atoms with Crippen LogP contribution < -0.4 is 5.32 Å². The van der Waals surface area contributed by atoms with E-state index >= 15 is 0 Å². The standard InChI is InChI=1S/C22H19N7/c1-14-27-20(22-19(15-6-4-5-7-15)24-13-26-29(14)22)18-12-25-28(3)21(18)16-8-10-17(23-2)11-9-16/h4,6-13,23H,1-3H3. The first kappa shape index (κ1) is 17.2. The molecule has 142 valence electrons. The number of allylic oxidation sites excluding steroid dienone is 3. The highest BCUT2D eigenvalue weighted by atomic mass is 15.3. The van der Waals surface area contributed by atoms with Crippen LogP contribution in [0.3, 0.4) is 0 Å². The van der Waals surface area contributed by atoms with Crippen LogP contribution in [0.2, 0.25) is 0 Å². The fourth-order valence-corrected chi connectivity index (χ4v) is 3.69. The molecule has 3 aromatic heterocycles. The monoisotopic (exact) mass is 381 g/mol. The Balaban J connectivity index is 1.76. The average molecular weight is 381 g/mol. The molecule has 0 unspecified atom stereocenters. The lowest BCUT2D eigenvalue weighted by Gasteiger charge is -2.08. The van der Waals surface area contributed by atoms with Crippen molar-refractivity contribution in [2.75, 3.05) is 12.4 Å². The zero-order valence-electron chi connectivity index (χ0n) is 16.4. The van der Waals surface area contributed by atoms with Gasteiger partial charge in [-0.3, -0.25) is 4.68 Å². The number of imidazole rings is 1. The maximum Gasteiger partial charge on any atom is 0.137 e. The van der Waals surface area contributed by atoms with Gasteiger partial charge in [-0.2, -0.15) is 10.2 Å². The lowest BCUT2D eigenvalue weighted by Crippen LogP contribution is -2.00. The normalized spacial score (nSPS) is 12.7. The Morgan fingerprint density at radius 1 is 1.07 bits per heavy atom. The van der Waals surface area contributed by atoms with Crippen molar-refractivity contribution in [3.05, 3.63) is 72.3 Å². The summed E-state index contributed by atoms with van der Waals surface area (Å²) in [6.45, 7) is 1.95. The molecule has 1 aromatic carbocycles. The molecule has 3 heterocycles. The molecule has 0 amide bonds. The molecule has 5 rings (SSSR count). The van der Waals surface area contributed by atoms with Gasteiger partial charge >= 0.3 is 0 Å². The number of fused-ring (bicyclic) bond motifs is 1. The Kier molecular flexibility index (Phi) is 3.89. The summed E-state index contributed by atoms with van der Waals surface area (Å²) in [4.78, 5) is 9.40. The Labute approximate surface area is 167 Å². The van der Waals surface area contributed by atoms with E-state index in [1.165, 1.54) is 0 Å². The van der Waals surface area contributed by atoms with Gasteiger partial charge in [-0.05, 0) is 37.3 Å². The van der Waals surface area contributed by atoms with Crippen LogP contribution in [0, 0.1) is 6.92 Å². The molecule has 0 fully saturated rings. The molecule has 0 saturated carbocycles. The summed E-state index contributed by atoms with van der Waals surface area (Å²) in [6, 6.07) is 8.27. The average Bonchev–Trinajstić information content (AvgIpc) is 3.48. The van der Waals surface area contributed by atoms with E-state index in [2.05, 4.69) is 50.5 Å². The Morgan fingerprint density at radius 3 is 2.62 bits per heavy atom. The number of hydrogen-bond donors (Lipinski definition) is 1. The maximum absolute atomic E-state index is 4.85. The molecule has 0 spiro atoms. The Morgan fingerprint density at radius 2 is 1.90 bits per heavy atom. The highest BCUT2D eigenvalue weighted by Gasteiger charge is 2.22. The Hall–Kier alpha value is -3.96. The summed E-state index contributed by atoms with van der Waals surface area (Å²) < 4.78 is 3.72. The Bertz CT molecular complexity index is 1330. The molecule has 1 aliphatic carbocycles. The summed E-state index contributed by atoms with van der Waals surface area (Å²) in [6.07, 6.45) is 9.23. The smallest absolute Gasteiger partial charge is 0.137 e. The van der Waals surface area contributed by atoms with Gasteiger partial charge in [0.25, 0.3) is 0 Å². The fraction of sp³-hybridized carbons (Fsp3) is 0.136. The number of aromatic nitrogens is 6. The summed E-state index contributed by atoms with van der Waals surface area (Å²) in [5.41, 5.74) is 10.7. The third-order valence-corrected chi connectivity index (χ3v) is 5.11. The molecule has 4 aromatic rings. The third-order valence-electron chi connectivity index (χ3n) is 5.11. The van der Waals surface area contributed by atoms with Crippen molar-refractivity contribution < 1.29 is 0 Å². The molecular formula is C22H19N7. The molecule has 0 bridgehead atoms. The predicted octanol–water partition coefficient (Wildman–Crippen LogP) is 3.65. The number of aryl methyl sites for hydroxylation is 2. The molecule has 1 aliphatic rings. The van der Waals surface area contributed by atoms with Crippen LogP contribution in [-0.4, -0.2) is 36.4 Å². The molecule has 0 atom stereocenters. The van der Waals surface area contributed by atoms with Crippen molar-refractivity contribution >= 4 is 16.8 Å². The largest absolute Gasteiger partial charge is 0.388 e. The van der Waals surface area contributed by atoms with Crippen molar-refractivity contribution in [3.8, 4) is 22.5 Å². The second-order valence-electron chi connectivity index (χ2n) is 6.83. The molecular weight excluding hydrogens is 362 g/mol. The van der Waals surface area contributed by atoms with Gasteiger partial charge in [0.2, 0.25) is 0 Å². The number of rotatable bonds is 4. The van der Waals surface area contributed by atoms with Crippen LogP contribution in [0.25, 0.3) is 33.6 Å². The lowest BCUT2D eigenvalue weighted by atomic mass is 10.0. The minimum absolute atomic E-state index is 0.800. The van der Waals surface area contributed by atoms with E-state index in [1.807, 2.05) is 54.6 Å². The molecule has 1 N–H and O–H groups in total. The molecule has 29 heavy (non-hydrogen) atoms. The van der Waals surface area contributed by atoms with Gasteiger partial charge in [0.05, 0.1) is 11.9 Å². The highest BCUT2D eigenvalue weighted by Crippen LogP contribution is 2.36. The van der Waals surface area contributed by atoms with E-state index in [0.29, 0.717) is 0 Å². The first-order valence-electron chi connectivity index (χ1n) is 9.31. The lowest BCUT2D eigenvalue weighted by molar-refractivity contribution is 0.776. The second kappa shape index (κ2) is 6.58. The van der Waals surface area contributed by atoms with Crippen LogP contribution >= 0.6 is 0 Å². The third kappa shape index (κ3) is 2.68. The van der Waals surface area contributed by atoms with E-state index in [9.17, 15) is 0 Å². The van der Waals surface area contributed by atoms with Gasteiger partial charge in [-0.1, -0.05) is 12.1 Å². The minimum atomic E-state index is 0.800. The van der Waals surface area contributed by atoms with E-state index < -0.39 is 0 Å². The number of anilines is 1. The van der Waals surface area contributed by atoms with Crippen molar-refractivity contribution in [3.63, 3.8) is 0 Å². The van der Waals surface area contributed by atoms with Gasteiger partial charge < -0.3 is 5.32 Å². The number of hydrogen-bond acceptors (Lipinski definition) is 5. The summed E-state index contributed by atoms with van der Waals surface area (Å²) in [5, 5.41) is 12.1. The van der Waals surface area contributed by atoms with E-state index in [1.54, 1.807) is 6.33 Å². The van der Waals surface area contributed by atoms with Crippen LogP contribution in [0.1, 0.15) is 11.5 Å². The van der Waals surface area contributed by atoms with E-state index in [4.69, 9.17) is 4.98 Å². The van der Waals surface area contributed by atoms with Crippen molar-refractivity contribution in [1.82, 2.24) is 29.4 Å². The van der Waals surface area contributed by atoms with Gasteiger partial charge in [0.15, 0.2) is 0 Å². The van der Waals surface area contributed by atoms with E-state index in [-0.39, 0.29) is 0 Å². The van der Waals surface area contributed by atoms with Gasteiger partial charge in [0, 0.05) is 36.5 Å². The number of benzene rings is 1. The van der Waals surface area contributed by atoms with Crippen molar-refractivity contribution in [2.45, 2.75) is 6.92 Å².